The third-order valence-electron chi connectivity index (χ3n) is 7.99. The second kappa shape index (κ2) is 18.1. The van der Waals surface area contributed by atoms with Crippen LogP contribution in [0.25, 0.3) is 17.0 Å². The number of nitrogens with zero attached hydrogens (tertiary/aromatic N) is 3. The van der Waals surface area contributed by atoms with E-state index in [4.69, 9.17) is 14.0 Å². The summed E-state index contributed by atoms with van der Waals surface area (Å²) in [6.07, 6.45) is 6.87. The van der Waals surface area contributed by atoms with E-state index in [1.165, 1.54) is 30.3 Å². The number of unbranched alkanes of at least 4 members (excludes halogenated alkanes) is 2. The number of hydrogen-bond acceptors (Lipinski definition) is 9. The van der Waals surface area contributed by atoms with E-state index in [1.807, 2.05) is 6.92 Å². The van der Waals surface area contributed by atoms with Gasteiger partial charge >= 0.3 is 13.6 Å². The van der Waals surface area contributed by atoms with Gasteiger partial charge < -0.3 is 34.4 Å². The average Bonchev–Trinajstić information content (AvgIpc) is 3.84. The monoisotopic (exact) mass is 723 g/mol. The highest BCUT2D eigenvalue weighted by Gasteiger charge is 2.33. The second-order valence-electron chi connectivity index (χ2n) is 11.5. The molecule has 15 nitrogen and oxygen atoms in total. The van der Waals surface area contributed by atoms with Gasteiger partial charge in [-0.2, -0.15) is 10.2 Å². The fourth-order valence-electron chi connectivity index (χ4n) is 5.43. The highest BCUT2D eigenvalue weighted by Crippen LogP contribution is 2.37. The first kappa shape index (κ1) is 38.6. The maximum absolute atomic E-state index is 13.5. The van der Waals surface area contributed by atoms with Crippen LogP contribution in [0, 0.1) is 5.92 Å². The number of nitrogens with one attached hydrogen (secondary N) is 2. The summed E-state index contributed by atoms with van der Waals surface area (Å²) >= 11 is 0. The van der Waals surface area contributed by atoms with Gasteiger partial charge in [0.15, 0.2) is 5.76 Å². The lowest BCUT2D eigenvalue weighted by molar-refractivity contribution is -0.171. The van der Waals surface area contributed by atoms with Crippen LogP contribution in [0.3, 0.4) is 0 Å². The van der Waals surface area contributed by atoms with Gasteiger partial charge in [0.25, 0.3) is 5.91 Å². The first-order valence-corrected chi connectivity index (χ1v) is 18.2. The van der Waals surface area contributed by atoms with E-state index in [2.05, 4.69) is 15.7 Å². The van der Waals surface area contributed by atoms with E-state index in [1.54, 1.807) is 61.3 Å². The number of hydroxylamine groups is 2. The van der Waals surface area contributed by atoms with Crippen molar-refractivity contribution in [2.45, 2.75) is 58.9 Å². The zero-order chi connectivity index (χ0) is 37.0. The normalized spacial score (nSPS) is 12.4. The van der Waals surface area contributed by atoms with Gasteiger partial charge in [-0.3, -0.25) is 18.9 Å². The molecule has 4 aromatic rings. The Morgan fingerprint density at radius 2 is 1.80 bits per heavy atom. The van der Waals surface area contributed by atoms with E-state index >= 15 is 0 Å². The molecule has 0 aliphatic heterocycles. The van der Waals surface area contributed by atoms with Crippen LogP contribution in [0.4, 0.5) is 0 Å². The molecule has 0 unspecified atom stereocenters. The largest absolute Gasteiger partial charge is 0.494 e. The second-order valence-corrected chi connectivity index (χ2v) is 13.1. The van der Waals surface area contributed by atoms with Crippen LogP contribution in [0.2, 0.25) is 0 Å². The molecular formula is C35H42N5O10P. The number of carbonyl (C=O) groups is 4. The lowest BCUT2D eigenvalue weighted by Gasteiger charge is -2.31. The van der Waals surface area contributed by atoms with Crippen molar-refractivity contribution in [1.29, 1.82) is 0 Å². The average molecular weight is 724 g/mol. The number of carbonyl (C=O) groups excluding carboxylic acids is 4. The summed E-state index contributed by atoms with van der Waals surface area (Å²) in [6, 6.07) is 14.3. The highest BCUT2D eigenvalue weighted by atomic mass is 31.2. The summed E-state index contributed by atoms with van der Waals surface area (Å²) in [4.78, 5) is 76.5. The Morgan fingerprint density at radius 3 is 2.43 bits per heavy atom. The van der Waals surface area contributed by atoms with E-state index in [0.29, 0.717) is 31.2 Å². The Balaban J connectivity index is 1.41. The van der Waals surface area contributed by atoms with Gasteiger partial charge in [0.05, 0.1) is 41.8 Å². The lowest BCUT2D eigenvalue weighted by atomic mass is 9.90. The molecule has 0 aliphatic carbocycles. The van der Waals surface area contributed by atoms with E-state index in [9.17, 15) is 33.5 Å². The van der Waals surface area contributed by atoms with Crippen molar-refractivity contribution in [3.8, 4) is 22.8 Å². The Hall–Kier alpha value is -5.24. The molecule has 0 bridgehead atoms. The third-order valence-corrected chi connectivity index (χ3v) is 8.92. The molecule has 4 rings (SSSR count). The molecule has 3 amide bonds. The SMILES string of the molecule is CCCCC[C@@H](C(=O)NCNC(=O)c1ccc(-c2cc(OCC)cc(P(=O)(O)O)c2)o1)[C@@H](CC)N(C=O)OC(=O)c1ccc(-n2cccn2)cc1. The summed E-state index contributed by atoms with van der Waals surface area (Å²) in [6.45, 7) is 5.51. The van der Waals surface area contributed by atoms with Crippen LogP contribution < -0.4 is 20.7 Å². The number of rotatable bonds is 19. The Kier molecular flexibility index (Phi) is 13.7. The van der Waals surface area contributed by atoms with Gasteiger partial charge in [-0.15, -0.1) is 0 Å². The van der Waals surface area contributed by atoms with Gasteiger partial charge in [-0.25, -0.2) is 9.48 Å². The molecule has 2 heterocycles. The summed E-state index contributed by atoms with van der Waals surface area (Å²) < 4.78 is 24.6. The highest BCUT2D eigenvalue weighted by molar-refractivity contribution is 7.60. The van der Waals surface area contributed by atoms with Gasteiger partial charge in [-0.1, -0.05) is 33.1 Å². The first-order valence-electron chi connectivity index (χ1n) is 16.5. The summed E-state index contributed by atoms with van der Waals surface area (Å²) in [5, 5.41) is 10.0. The fourth-order valence-corrected chi connectivity index (χ4v) is 6.03. The number of hydrogen-bond donors (Lipinski definition) is 4. The zero-order valence-electron chi connectivity index (χ0n) is 28.6. The van der Waals surface area contributed by atoms with E-state index in [0.717, 1.165) is 23.6 Å². The van der Waals surface area contributed by atoms with Crippen LogP contribution in [0.15, 0.2) is 77.5 Å². The predicted molar refractivity (Wildman–Crippen MR) is 186 cm³/mol. The number of furan rings is 1. The van der Waals surface area contributed by atoms with Crippen molar-refractivity contribution in [2.75, 3.05) is 13.3 Å². The number of ether oxygens (including phenoxy) is 1. The minimum atomic E-state index is -4.61. The molecule has 4 N–H and O–H groups in total. The fraction of sp³-hybridized carbons (Fsp3) is 0.343. The third kappa shape index (κ3) is 10.4. The molecule has 51 heavy (non-hydrogen) atoms. The molecular weight excluding hydrogens is 681 g/mol. The maximum Gasteiger partial charge on any atom is 0.363 e. The first-order chi connectivity index (χ1) is 24.5. The minimum absolute atomic E-state index is 0.110. The topological polar surface area (TPSA) is 203 Å². The van der Waals surface area contributed by atoms with E-state index in [-0.39, 0.29) is 41.4 Å². The molecule has 272 valence electrons. The predicted octanol–water partition coefficient (Wildman–Crippen LogP) is 4.34. The molecule has 0 spiro atoms. The molecule has 16 heteroatoms. The van der Waals surface area contributed by atoms with Crippen molar-refractivity contribution in [3.05, 3.63) is 84.4 Å². The van der Waals surface area contributed by atoms with Crippen LogP contribution in [-0.4, -0.2) is 68.1 Å². The molecule has 2 atom stereocenters. The molecule has 0 saturated heterocycles. The van der Waals surface area contributed by atoms with Crippen LogP contribution >= 0.6 is 7.60 Å². The van der Waals surface area contributed by atoms with Crippen LogP contribution in [0.5, 0.6) is 5.75 Å². The van der Waals surface area contributed by atoms with Crippen molar-refractivity contribution < 1.29 is 47.5 Å². The Morgan fingerprint density at radius 1 is 1.04 bits per heavy atom. The summed E-state index contributed by atoms with van der Waals surface area (Å²) in [5.74, 6) is -2.37. The molecule has 0 aliphatic rings. The smallest absolute Gasteiger partial charge is 0.363 e. The standard InChI is InChI=1S/C35H42N5O10P/c1-4-7-8-10-29(30(5-2)40(23-41)50-35(44)24-11-13-26(14-12-24)39-18-9-17-38-39)33(42)36-22-37-34(43)32-16-15-31(49-32)25-19-27(48-6-3)21-28(20-25)51(45,46)47/h9,11-21,23,29-30H,4-8,10,22H2,1-3H3,(H,36,42)(H,37,43)(H2,45,46,47)/t29-,30-/m1/s1. The Labute approximate surface area is 295 Å². The Bertz CT molecular complexity index is 1820. The molecule has 0 radical (unpaired) electrons. The molecule has 2 aromatic carbocycles. The van der Waals surface area contributed by atoms with Crippen LogP contribution in [-0.2, 0) is 19.0 Å². The lowest BCUT2D eigenvalue weighted by Crippen LogP contribution is -2.49. The van der Waals surface area contributed by atoms with Crippen molar-refractivity contribution in [2.24, 2.45) is 5.92 Å². The number of amides is 3. The number of benzene rings is 2. The maximum atomic E-state index is 13.5. The van der Waals surface area contributed by atoms with Gasteiger partial charge in [0.1, 0.15) is 11.5 Å². The molecule has 0 saturated carbocycles. The summed E-state index contributed by atoms with van der Waals surface area (Å²) in [7, 11) is -4.61. The van der Waals surface area contributed by atoms with Crippen molar-refractivity contribution in [1.82, 2.24) is 25.5 Å². The van der Waals surface area contributed by atoms with Crippen LogP contribution in [0.1, 0.15) is 73.8 Å². The van der Waals surface area contributed by atoms with E-state index < -0.39 is 37.3 Å². The molecule has 0 fully saturated rings. The van der Waals surface area contributed by atoms with Crippen molar-refractivity contribution in [3.63, 3.8) is 0 Å². The van der Waals surface area contributed by atoms with Gasteiger partial charge in [-0.05, 0) is 80.4 Å². The van der Waals surface area contributed by atoms with Gasteiger partial charge in [0.2, 0.25) is 12.3 Å². The number of aromatic nitrogens is 2. The zero-order valence-corrected chi connectivity index (χ0v) is 29.5. The minimum Gasteiger partial charge on any atom is -0.494 e. The van der Waals surface area contributed by atoms with Gasteiger partial charge in [0, 0.05) is 18.0 Å². The summed E-state index contributed by atoms with van der Waals surface area (Å²) in [5.41, 5.74) is 1.22. The molecule has 2 aromatic heterocycles. The quantitative estimate of drug-likeness (QED) is 0.0352. The van der Waals surface area contributed by atoms with Crippen molar-refractivity contribution >= 4 is 37.1 Å².